The van der Waals surface area contributed by atoms with Crippen molar-refractivity contribution >= 4 is 23.5 Å². The fraction of sp³-hybridized carbons (Fsp3) is 0.545. The molecule has 4 N–H and O–H groups in total. The lowest BCUT2D eigenvalue weighted by Gasteiger charge is -2.33. The summed E-state index contributed by atoms with van der Waals surface area (Å²) in [6, 6.07) is 12.6. The van der Waals surface area contributed by atoms with Crippen LogP contribution in [0.2, 0.25) is 0 Å². The van der Waals surface area contributed by atoms with E-state index in [2.05, 4.69) is 5.32 Å². The third kappa shape index (κ3) is 9.75. The van der Waals surface area contributed by atoms with Crippen LogP contribution in [-0.4, -0.2) is 73.0 Å². The first-order chi connectivity index (χ1) is 21.1. The number of carbonyl (C=O) groups excluding carboxylic acids is 3. The number of benzene rings is 2. The number of rotatable bonds is 18. The Morgan fingerprint density at radius 1 is 1.07 bits per heavy atom. The van der Waals surface area contributed by atoms with E-state index in [0.29, 0.717) is 25.4 Å². The van der Waals surface area contributed by atoms with Gasteiger partial charge in [-0.1, -0.05) is 31.0 Å². The van der Waals surface area contributed by atoms with Crippen LogP contribution in [0.25, 0.3) is 0 Å². The van der Waals surface area contributed by atoms with E-state index in [1.54, 1.807) is 6.07 Å². The van der Waals surface area contributed by atoms with Crippen LogP contribution >= 0.6 is 0 Å². The molecule has 0 bridgehead atoms. The molecule has 2 aliphatic rings. The molecule has 2 heterocycles. The summed E-state index contributed by atoms with van der Waals surface area (Å²) in [5, 5.41) is 13.9. The van der Waals surface area contributed by atoms with E-state index in [4.69, 9.17) is 19.9 Å². The standard InChI is InChI=1S/C33H46N4O7/c1-33(2)43-23-26-19-25(13-14-29(26)44-33)28(38)20-35-15-6-3-4-7-16-42-17-8-5-10-24-11-9-12-27(18-24)37-31(40)22-36(32(37)41)21-30(34)39/h9,11-14,18-19,28,35,38H,3-8,10,15-17,20-23H2,1-2H3,(H2,34,39)/t28-/m0/s1. The molecule has 0 unspecified atom stereocenters. The van der Waals surface area contributed by atoms with Gasteiger partial charge in [-0.05, 0) is 74.0 Å². The fourth-order valence-electron chi connectivity index (χ4n) is 5.33. The van der Waals surface area contributed by atoms with E-state index in [1.165, 1.54) is 0 Å². The Hall–Kier alpha value is -3.51. The zero-order valence-corrected chi connectivity index (χ0v) is 25.9. The molecule has 0 aliphatic carbocycles. The second kappa shape index (κ2) is 16.0. The molecular weight excluding hydrogens is 564 g/mol. The number of nitrogens with two attached hydrogens (primary N) is 1. The maximum absolute atomic E-state index is 12.5. The number of aliphatic hydroxyl groups is 1. The van der Waals surface area contributed by atoms with Crippen LogP contribution in [0.3, 0.4) is 0 Å². The Bertz CT molecular complexity index is 1280. The Labute approximate surface area is 259 Å². The Morgan fingerprint density at radius 2 is 1.84 bits per heavy atom. The summed E-state index contributed by atoms with van der Waals surface area (Å²) in [6.07, 6.45) is 6.36. The first kappa shape index (κ1) is 33.4. The van der Waals surface area contributed by atoms with Crippen molar-refractivity contribution in [3.05, 3.63) is 59.2 Å². The molecule has 1 atom stereocenters. The van der Waals surface area contributed by atoms with Crippen molar-refractivity contribution in [3.63, 3.8) is 0 Å². The fourth-order valence-corrected chi connectivity index (χ4v) is 5.33. The second-order valence-electron chi connectivity index (χ2n) is 11.9. The third-order valence-corrected chi connectivity index (χ3v) is 7.69. The van der Waals surface area contributed by atoms with Crippen molar-refractivity contribution in [1.82, 2.24) is 10.2 Å². The molecule has 11 heteroatoms. The lowest BCUT2D eigenvalue weighted by Crippen LogP contribution is -2.37. The van der Waals surface area contributed by atoms with Gasteiger partial charge in [0.2, 0.25) is 11.7 Å². The van der Waals surface area contributed by atoms with Crippen LogP contribution in [0.4, 0.5) is 10.5 Å². The van der Waals surface area contributed by atoms with Gasteiger partial charge in [-0.15, -0.1) is 0 Å². The van der Waals surface area contributed by atoms with Crippen LogP contribution in [0.1, 0.15) is 75.2 Å². The number of imide groups is 1. The highest BCUT2D eigenvalue weighted by Crippen LogP contribution is 2.33. The molecule has 2 aliphatic heterocycles. The molecule has 1 fully saturated rings. The summed E-state index contributed by atoms with van der Waals surface area (Å²) in [5.41, 5.74) is 8.54. The maximum atomic E-state index is 12.5. The van der Waals surface area contributed by atoms with Crippen molar-refractivity contribution in [1.29, 1.82) is 0 Å². The molecule has 240 valence electrons. The number of carbonyl (C=O) groups is 3. The molecule has 0 saturated carbocycles. The average molecular weight is 611 g/mol. The minimum absolute atomic E-state index is 0.146. The summed E-state index contributed by atoms with van der Waals surface area (Å²) in [6.45, 7) is 6.63. The molecule has 4 amide bonds. The SMILES string of the molecule is CC1(C)OCc2cc([C@@H](O)CNCCCCCCOCCCCc3cccc(N4C(=O)CN(CC(N)=O)C4=O)c3)ccc2O1. The zero-order chi connectivity index (χ0) is 31.5. The van der Waals surface area contributed by atoms with Gasteiger partial charge in [0.15, 0.2) is 0 Å². The van der Waals surface area contributed by atoms with Crippen molar-refractivity contribution in [3.8, 4) is 5.75 Å². The number of ether oxygens (including phenoxy) is 3. The van der Waals surface area contributed by atoms with E-state index in [1.807, 2.05) is 50.2 Å². The lowest BCUT2D eigenvalue weighted by molar-refractivity contribution is -0.180. The van der Waals surface area contributed by atoms with Crippen molar-refractivity contribution in [2.45, 2.75) is 77.3 Å². The summed E-state index contributed by atoms with van der Waals surface area (Å²) < 4.78 is 17.3. The average Bonchev–Trinajstić information content (AvgIpc) is 3.26. The predicted molar refractivity (Wildman–Crippen MR) is 166 cm³/mol. The van der Waals surface area contributed by atoms with Gasteiger partial charge in [0.05, 0.1) is 18.4 Å². The highest BCUT2D eigenvalue weighted by Gasteiger charge is 2.37. The number of hydrogen-bond acceptors (Lipinski definition) is 8. The lowest BCUT2D eigenvalue weighted by atomic mass is 10.0. The molecule has 0 aromatic heterocycles. The van der Waals surface area contributed by atoms with E-state index in [0.717, 1.165) is 90.3 Å². The first-order valence-electron chi connectivity index (χ1n) is 15.5. The van der Waals surface area contributed by atoms with E-state index in [9.17, 15) is 19.5 Å². The molecular formula is C33H46N4O7. The van der Waals surface area contributed by atoms with E-state index in [-0.39, 0.29) is 19.0 Å². The zero-order valence-electron chi connectivity index (χ0n) is 25.9. The van der Waals surface area contributed by atoms with Crippen LogP contribution in [0.5, 0.6) is 5.75 Å². The van der Waals surface area contributed by atoms with Gasteiger partial charge < -0.3 is 35.3 Å². The quantitative estimate of drug-likeness (QED) is 0.171. The largest absolute Gasteiger partial charge is 0.463 e. The molecule has 44 heavy (non-hydrogen) atoms. The molecule has 2 aromatic carbocycles. The van der Waals surface area contributed by atoms with Crippen LogP contribution < -0.4 is 20.7 Å². The predicted octanol–water partition coefficient (Wildman–Crippen LogP) is 3.81. The van der Waals surface area contributed by atoms with Gasteiger partial charge in [-0.25, -0.2) is 9.69 Å². The van der Waals surface area contributed by atoms with Gasteiger partial charge in [-0.2, -0.15) is 0 Å². The summed E-state index contributed by atoms with van der Waals surface area (Å²) in [5.74, 6) is -0.831. The maximum Gasteiger partial charge on any atom is 0.332 e. The van der Waals surface area contributed by atoms with Gasteiger partial charge in [0.25, 0.3) is 5.91 Å². The minimum Gasteiger partial charge on any atom is -0.463 e. The van der Waals surface area contributed by atoms with Gasteiger partial charge in [-0.3, -0.25) is 9.59 Å². The minimum atomic E-state index is -0.649. The number of nitrogens with zero attached hydrogens (tertiary/aromatic N) is 2. The second-order valence-corrected chi connectivity index (χ2v) is 11.9. The highest BCUT2D eigenvalue weighted by molar-refractivity contribution is 6.20. The Kier molecular flexibility index (Phi) is 12.1. The Morgan fingerprint density at radius 3 is 2.64 bits per heavy atom. The topological polar surface area (TPSA) is 144 Å². The number of primary amides is 1. The number of hydrogen-bond donors (Lipinski definition) is 3. The Balaban J connectivity index is 1.00. The number of aryl methyl sites for hydroxylation is 1. The molecule has 0 spiro atoms. The number of nitrogens with one attached hydrogen (secondary N) is 1. The van der Waals surface area contributed by atoms with Crippen molar-refractivity contribution in [2.75, 3.05) is 44.3 Å². The van der Waals surface area contributed by atoms with Gasteiger partial charge in [0, 0.05) is 39.2 Å². The van der Waals surface area contributed by atoms with Crippen molar-refractivity contribution in [2.24, 2.45) is 5.73 Å². The number of fused-ring (bicyclic) bond motifs is 1. The van der Waals surface area contributed by atoms with E-state index >= 15 is 0 Å². The molecule has 2 aromatic rings. The summed E-state index contributed by atoms with van der Waals surface area (Å²) in [4.78, 5) is 38.3. The first-order valence-corrected chi connectivity index (χ1v) is 15.5. The number of amides is 4. The normalized spacial score (nSPS) is 16.6. The highest BCUT2D eigenvalue weighted by atomic mass is 16.7. The van der Waals surface area contributed by atoms with Crippen LogP contribution in [0, 0.1) is 0 Å². The van der Waals surface area contributed by atoms with Crippen molar-refractivity contribution < 1.29 is 33.7 Å². The smallest absolute Gasteiger partial charge is 0.332 e. The number of urea groups is 1. The summed E-state index contributed by atoms with van der Waals surface area (Å²) >= 11 is 0. The number of anilines is 1. The monoisotopic (exact) mass is 610 g/mol. The van der Waals surface area contributed by atoms with E-state index < -0.39 is 23.8 Å². The molecule has 4 rings (SSSR count). The van der Waals surface area contributed by atoms with Crippen LogP contribution in [0.15, 0.2) is 42.5 Å². The van der Waals surface area contributed by atoms with Gasteiger partial charge in [0.1, 0.15) is 18.8 Å². The number of aliphatic hydroxyl groups excluding tert-OH is 1. The third-order valence-electron chi connectivity index (χ3n) is 7.69. The molecule has 1 saturated heterocycles. The summed E-state index contributed by atoms with van der Waals surface area (Å²) in [7, 11) is 0. The molecule has 11 nitrogen and oxygen atoms in total. The molecule has 0 radical (unpaired) electrons. The van der Waals surface area contributed by atoms with Gasteiger partial charge >= 0.3 is 6.03 Å². The van der Waals surface area contributed by atoms with Crippen LogP contribution in [-0.2, 0) is 32.1 Å². The number of unbranched alkanes of at least 4 members (excludes halogenated alkanes) is 4.